The predicted octanol–water partition coefficient (Wildman–Crippen LogP) is 6.33. The lowest BCUT2D eigenvalue weighted by molar-refractivity contribution is -0.137. The minimum atomic E-state index is -4.49. The lowest BCUT2D eigenvalue weighted by Crippen LogP contribution is -2.08. The van der Waals surface area contributed by atoms with Gasteiger partial charge in [-0.1, -0.05) is 51.1 Å². The van der Waals surface area contributed by atoms with Crippen LogP contribution in [0.1, 0.15) is 23.1 Å². The average Bonchev–Trinajstić information content (AvgIpc) is 2.59. The molecule has 0 heterocycles. The summed E-state index contributed by atoms with van der Waals surface area (Å²) in [5.41, 5.74) is 0.692. The zero-order valence-electron chi connectivity index (χ0n) is 13.8. The molecule has 2 aromatic rings. The smallest absolute Gasteiger partial charge is 0.315 e. The topological polar surface area (TPSA) is 29.1 Å². The van der Waals surface area contributed by atoms with Crippen LogP contribution in [0.25, 0.3) is 0 Å². The highest BCUT2D eigenvalue weighted by atomic mass is 79.9. The monoisotopic (exact) mass is 477 g/mol. The second-order valence-electron chi connectivity index (χ2n) is 5.50. The van der Waals surface area contributed by atoms with Crippen molar-refractivity contribution in [2.45, 2.75) is 19.0 Å². The number of hydrogen-bond acceptors (Lipinski definition) is 1. The molecule has 1 amide bonds. The molecule has 0 aliphatic rings. The molecule has 142 valence electrons. The molecule has 0 spiro atoms. The van der Waals surface area contributed by atoms with Gasteiger partial charge in [0.15, 0.2) is 0 Å². The van der Waals surface area contributed by atoms with Crippen molar-refractivity contribution in [3.05, 3.63) is 63.1 Å². The summed E-state index contributed by atoms with van der Waals surface area (Å²) in [4.78, 5) is 11.9. The normalized spacial score (nSPS) is 10.9. The van der Waals surface area contributed by atoms with E-state index in [1.54, 1.807) is 12.1 Å². The highest BCUT2D eigenvalue weighted by Gasteiger charge is 2.30. The molecule has 27 heavy (non-hydrogen) atoms. The first-order valence-electron chi connectivity index (χ1n) is 7.75. The van der Waals surface area contributed by atoms with Crippen LogP contribution in [0.2, 0.25) is 10.0 Å². The number of hydrogen-bond donors (Lipinski definition) is 1. The van der Waals surface area contributed by atoms with E-state index in [-0.39, 0.29) is 10.6 Å². The molecule has 0 saturated carbocycles. The van der Waals surface area contributed by atoms with Crippen molar-refractivity contribution in [2.75, 3.05) is 10.6 Å². The summed E-state index contributed by atoms with van der Waals surface area (Å²) < 4.78 is 37.8. The first-order chi connectivity index (χ1) is 12.7. The van der Waals surface area contributed by atoms with Gasteiger partial charge in [0, 0.05) is 27.5 Å². The van der Waals surface area contributed by atoms with Gasteiger partial charge in [-0.25, -0.2) is 0 Å². The summed E-state index contributed by atoms with van der Waals surface area (Å²) in [6.07, 6.45) is -2.75. The Hall–Kier alpha value is -1.68. The number of halogens is 6. The Balaban J connectivity index is 2.08. The van der Waals surface area contributed by atoms with Crippen molar-refractivity contribution in [3.8, 4) is 11.8 Å². The van der Waals surface area contributed by atoms with Crippen LogP contribution in [0.5, 0.6) is 0 Å². The highest BCUT2D eigenvalue weighted by Crippen LogP contribution is 2.31. The van der Waals surface area contributed by atoms with Crippen molar-refractivity contribution >= 4 is 50.7 Å². The van der Waals surface area contributed by atoms with Gasteiger partial charge in [-0.05, 0) is 48.7 Å². The molecule has 0 unspecified atom stereocenters. The van der Waals surface area contributed by atoms with Crippen LogP contribution < -0.4 is 5.32 Å². The molecule has 0 aromatic heterocycles. The largest absolute Gasteiger partial charge is 0.416 e. The first kappa shape index (κ1) is 21.6. The fourth-order valence-electron chi connectivity index (χ4n) is 2.16. The van der Waals surface area contributed by atoms with E-state index in [2.05, 4.69) is 33.1 Å². The quantitative estimate of drug-likeness (QED) is 0.403. The first-order valence-corrected chi connectivity index (χ1v) is 9.62. The molecule has 0 aliphatic heterocycles. The van der Waals surface area contributed by atoms with E-state index >= 15 is 0 Å². The number of nitrogens with one attached hydrogen (secondary N) is 1. The van der Waals surface area contributed by atoms with Gasteiger partial charge in [0.05, 0.1) is 10.6 Å². The Bertz CT molecular complexity index is 904. The summed E-state index contributed by atoms with van der Waals surface area (Å²) in [7, 11) is 0. The van der Waals surface area contributed by atoms with Crippen LogP contribution in [0.15, 0.2) is 36.4 Å². The van der Waals surface area contributed by atoms with E-state index in [1.807, 2.05) is 6.07 Å². The second kappa shape index (κ2) is 9.50. The number of carbonyl (C=O) groups excluding carboxylic acids is 1. The average molecular weight is 479 g/mol. The number of rotatable bonds is 4. The van der Waals surface area contributed by atoms with E-state index < -0.39 is 17.6 Å². The lowest BCUT2D eigenvalue weighted by atomic mass is 10.1. The molecule has 2 aromatic carbocycles. The molecule has 2 rings (SSSR count). The van der Waals surface area contributed by atoms with Crippen molar-refractivity contribution in [3.63, 3.8) is 0 Å². The van der Waals surface area contributed by atoms with Crippen LogP contribution in [0, 0.1) is 11.8 Å². The Kier molecular flexibility index (Phi) is 7.60. The van der Waals surface area contributed by atoms with E-state index in [9.17, 15) is 18.0 Å². The molecule has 1 N–H and O–H groups in total. The van der Waals surface area contributed by atoms with E-state index in [4.69, 9.17) is 23.2 Å². The van der Waals surface area contributed by atoms with Gasteiger partial charge in [-0.3, -0.25) is 4.79 Å². The SMILES string of the molecule is O=C(C#Cc1ccc(C(F)(F)F)cc1Cl)Nc1ccc(CCCBr)c(Cl)c1. The zero-order chi connectivity index (χ0) is 20.0. The maximum Gasteiger partial charge on any atom is 0.416 e. The number of anilines is 1. The molecule has 0 atom stereocenters. The Morgan fingerprint density at radius 3 is 2.44 bits per heavy atom. The number of aryl methyl sites for hydroxylation is 1. The van der Waals surface area contributed by atoms with Gasteiger partial charge in [0.25, 0.3) is 0 Å². The maximum absolute atomic E-state index is 12.6. The standard InChI is InChI=1S/C19H13BrCl2F3NO/c20-9-1-2-12-4-7-15(11-17(12)22)26-18(27)8-5-13-3-6-14(10-16(13)21)19(23,24)25/h3-4,6-7,10-11H,1-2,9H2,(H,26,27). The third kappa shape index (κ3) is 6.46. The van der Waals surface area contributed by atoms with Crippen molar-refractivity contribution in [1.29, 1.82) is 0 Å². The van der Waals surface area contributed by atoms with Crippen molar-refractivity contribution in [2.24, 2.45) is 0 Å². The third-order valence-electron chi connectivity index (χ3n) is 3.50. The summed E-state index contributed by atoms with van der Waals surface area (Å²) in [6, 6.07) is 7.91. The summed E-state index contributed by atoms with van der Waals surface area (Å²) in [5, 5.41) is 3.79. The van der Waals surface area contributed by atoms with Gasteiger partial charge >= 0.3 is 12.1 Å². The van der Waals surface area contributed by atoms with E-state index in [0.29, 0.717) is 10.7 Å². The Morgan fingerprint density at radius 2 is 1.85 bits per heavy atom. The minimum Gasteiger partial charge on any atom is -0.315 e. The van der Waals surface area contributed by atoms with Gasteiger partial charge in [0.1, 0.15) is 0 Å². The van der Waals surface area contributed by atoms with Crippen molar-refractivity contribution in [1.82, 2.24) is 0 Å². The Morgan fingerprint density at radius 1 is 1.11 bits per heavy atom. The molecule has 0 saturated heterocycles. The minimum absolute atomic E-state index is 0.128. The number of alkyl halides is 4. The third-order valence-corrected chi connectivity index (χ3v) is 4.72. The fraction of sp³-hybridized carbons (Fsp3) is 0.211. The molecule has 0 bridgehead atoms. The van der Waals surface area contributed by atoms with Gasteiger partial charge in [-0.15, -0.1) is 0 Å². The van der Waals surface area contributed by atoms with Crippen LogP contribution in [0.3, 0.4) is 0 Å². The summed E-state index contributed by atoms with van der Waals surface area (Å²) in [5.74, 6) is 4.14. The predicted molar refractivity (Wildman–Crippen MR) is 106 cm³/mol. The lowest BCUT2D eigenvalue weighted by Gasteiger charge is -2.07. The number of benzene rings is 2. The van der Waals surface area contributed by atoms with Gasteiger partial charge < -0.3 is 5.32 Å². The van der Waals surface area contributed by atoms with Gasteiger partial charge in [0.2, 0.25) is 0 Å². The van der Waals surface area contributed by atoms with E-state index in [1.165, 1.54) is 0 Å². The molecular formula is C19H13BrCl2F3NO. The van der Waals surface area contributed by atoms with Crippen LogP contribution in [0.4, 0.5) is 18.9 Å². The molecule has 0 aliphatic carbocycles. The Labute approximate surface area is 173 Å². The van der Waals surface area contributed by atoms with Gasteiger partial charge in [-0.2, -0.15) is 13.2 Å². The molecular weight excluding hydrogens is 466 g/mol. The maximum atomic E-state index is 12.6. The molecule has 0 fully saturated rings. The second-order valence-corrected chi connectivity index (χ2v) is 7.10. The summed E-state index contributed by atoms with van der Waals surface area (Å²) in [6.45, 7) is 0. The fourth-order valence-corrected chi connectivity index (χ4v) is 2.95. The molecule has 0 radical (unpaired) electrons. The summed E-state index contributed by atoms with van der Waals surface area (Å²) >= 11 is 15.3. The van der Waals surface area contributed by atoms with Crippen LogP contribution in [-0.4, -0.2) is 11.2 Å². The van der Waals surface area contributed by atoms with Crippen LogP contribution >= 0.6 is 39.1 Å². The van der Waals surface area contributed by atoms with E-state index in [0.717, 1.165) is 41.9 Å². The number of carbonyl (C=O) groups is 1. The molecule has 2 nitrogen and oxygen atoms in total. The van der Waals surface area contributed by atoms with Crippen molar-refractivity contribution < 1.29 is 18.0 Å². The molecule has 8 heteroatoms. The zero-order valence-corrected chi connectivity index (χ0v) is 16.9. The highest BCUT2D eigenvalue weighted by molar-refractivity contribution is 9.09. The number of amides is 1. The van der Waals surface area contributed by atoms with Crippen LogP contribution in [-0.2, 0) is 17.4 Å².